The lowest BCUT2D eigenvalue weighted by Gasteiger charge is -2.61. The van der Waals surface area contributed by atoms with Crippen molar-refractivity contribution in [2.24, 2.45) is 46.3 Å². The van der Waals surface area contributed by atoms with Crippen molar-refractivity contribution in [2.45, 2.75) is 91.9 Å². The Balaban J connectivity index is 1.55. The third-order valence-electron chi connectivity index (χ3n) is 10.2. The molecular weight excluding hydrogens is 314 g/mol. The van der Waals surface area contributed by atoms with Gasteiger partial charge in [0.1, 0.15) is 0 Å². The molecule has 4 aliphatic rings. The summed E-state index contributed by atoms with van der Waals surface area (Å²) in [5, 5.41) is 3.54. The summed E-state index contributed by atoms with van der Waals surface area (Å²) >= 11 is 0. The first-order valence-corrected chi connectivity index (χ1v) is 11.8. The minimum atomic E-state index is 0.566. The summed E-state index contributed by atoms with van der Waals surface area (Å²) in [5.74, 6) is 5.57. The van der Waals surface area contributed by atoms with Crippen LogP contribution in [0, 0.1) is 46.3 Å². The van der Waals surface area contributed by atoms with Crippen molar-refractivity contribution >= 4 is 0 Å². The zero-order valence-corrected chi connectivity index (χ0v) is 17.9. The Labute approximate surface area is 162 Å². The molecule has 0 heterocycles. The van der Waals surface area contributed by atoms with Crippen LogP contribution in [0.25, 0.3) is 0 Å². The molecule has 4 rings (SSSR count). The highest BCUT2D eigenvalue weighted by Crippen LogP contribution is 2.68. The molecule has 4 aliphatic carbocycles. The summed E-state index contributed by atoms with van der Waals surface area (Å²) in [6.07, 6.45) is 15.1. The van der Waals surface area contributed by atoms with E-state index in [0.29, 0.717) is 16.7 Å². The van der Waals surface area contributed by atoms with E-state index in [-0.39, 0.29) is 0 Å². The lowest BCUT2D eigenvalue weighted by Crippen LogP contribution is -2.53. The monoisotopic (exact) mass is 357 g/mol. The van der Waals surface area contributed by atoms with E-state index in [9.17, 15) is 0 Å². The molecule has 0 aliphatic heterocycles. The number of nitrogens with one attached hydrogen (secondary N) is 1. The molecule has 4 fully saturated rings. The van der Waals surface area contributed by atoms with E-state index in [1.54, 1.807) is 6.42 Å². The Morgan fingerprint density at radius 3 is 2.50 bits per heavy atom. The minimum absolute atomic E-state index is 0.566. The summed E-state index contributed by atoms with van der Waals surface area (Å²) in [4.78, 5) is 0. The van der Waals surface area contributed by atoms with Crippen molar-refractivity contribution in [3.8, 4) is 0 Å². The van der Waals surface area contributed by atoms with Crippen LogP contribution in [0.2, 0.25) is 0 Å². The minimum Gasteiger partial charge on any atom is -0.389 e. The number of rotatable bonds is 4. The van der Waals surface area contributed by atoms with Crippen LogP contribution >= 0.6 is 0 Å². The van der Waals surface area contributed by atoms with Crippen LogP contribution in [-0.4, -0.2) is 6.54 Å². The maximum Gasteiger partial charge on any atom is 0.0115 e. The highest BCUT2D eigenvalue weighted by Gasteiger charge is 2.60. The highest BCUT2D eigenvalue weighted by molar-refractivity contribution is 5.12. The van der Waals surface area contributed by atoms with Gasteiger partial charge in [0.25, 0.3) is 0 Å². The molecule has 1 N–H and O–H groups in total. The van der Waals surface area contributed by atoms with Crippen LogP contribution in [0.3, 0.4) is 0 Å². The average molecular weight is 358 g/mol. The zero-order valence-electron chi connectivity index (χ0n) is 17.9. The third kappa shape index (κ3) is 2.70. The Morgan fingerprint density at radius 1 is 0.962 bits per heavy atom. The Morgan fingerprint density at radius 2 is 1.73 bits per heavy atom. The Bertz CT molecular complexity index is 538. The van der Waals surface area contributed by atoms with E-state index >= 15 is 0 Å². The highest BCUT2D eigenvalue weighted by atomic mass is 14.9. The predicted molar refractivity (Wildman–Crippen MR) is 112 cm³/mol. The summed E-state index contributed by atoms with van der Waals surface area (Å²) in [6.45, 7) is 15.4. The van der Waals surface area contributed by atoms with Crippen molar-refractivity contribution in [2.75, 3.05) is 6.54 Å². The summed E-state index contributed by atoms with van der Waals surface area (Å²) in [5.41, 5.74) is 2.54. The fourth-order valence-corrected chi connectivity index (χ4v) is 8.79. The van der Waals surface area contributed by atoms with Gasteiger partial charge in [0.15, 0.2) is 0 Å². The number of allylic oxidation sites excluding steroid dienone is 1. The van der Waals surface area contributed by atoms with Gasteiger partial charge in [-0.05, 0) is 105 Å². The van der Waals surface area contributed by atoms with Gasteiger partial charge in [0.05, 0.1) is 0 Å². The molecule has 0 saturated heterocycles. The molecule has 0 amide bonds. The maximum absolute atomic E-state index is 4.39. The maximum atomic E-state index is 4.39. The topological polar surface area (TPSA) is 12.0 Å². The molecule has 0 aromatic heterocycles. The normalized spacial score (nSPS) is 48.8. The summed E-state index contributed by atoms with van der Waals surface area (Å²) in [6, 6.07) is 0. The second kappa shape index (κ2) is 6.85. The van der Waals surface area contributed by atoms with Crippen LogP contribution in [0.1, 0.15) is 91.9 Å². The first kappa shape index (κ1) is 18.9. The fourth-order valence-electron chi connectivity index (χ4n) is 8.79. The van der Waals surface area contributed by atoms with Gasteiger partial charge in [-0.25, -0.2) is 0 Å². The van der Waals surface area contributed by atoms with Crippen molar-refractivity contribution in [3.63, 3.8) is 0 Å². The molecule has 148 valence electrons. The van der Waals surface area contributed by atoms with E-state index in [2.05, 4.69) is 39.6 Å². The molecule has 0 aromatic carbocycles. The van der Waals surface area contributed by atoms with Crippen LogP contribution in [-0.2, 0) is 0 Å². The zero-order chi connectivity index (χ0) is 18.5. The van der Waals surface area contributed by atoms with E-state index in [1.165, 1.54) is 63.5 Å². The van der Waals surface area contributed by atoms with E-state index in [4.69, 9.17) is 0 Å². The van der Waals surface area contributed by atoms with Crippen LogP contribution in [0.5, 0.6) is 0 Å². The first-order chi connectivity index (χ1) is 12.4. The SMILES string of the molecule is C=C(NCC)C(C)C1CCC2C3CCC4CCCCC4(C)C3CCC12C. The van der Waals surface area contributed by atoms with Crippen molar-refractivity contribution < 1.29 is 0 Å². The van der Waals surface area contributed by atoms with Crippen molar-refractivity contribution in [1.29, 1.82) is 0 Å². The second-order valence-electron chi connectivity index (χ2n) is 11.0. The average Bonchev–Trinajstić information content (AvgIpc) is 2.98. The van der Waals surface area contributed by atoms with E-state index < -0.39 is 0 Å². The molecule has 0 aromatic rings. The third-order valence-corrected chi connectivity index (χ3v) is 10.2. The van der Waals surface area contributed by atoms with Crippen molar-refractivity contribution in [3.05, 3.63) is 12.3 Å². The van der Waals surface area contributed by atoms with Crippen molar-refractivity contribution in [1.82, 2.24) is 5.32 Å². The molecule has 1 heteroatoms. The van der Waals surface area contributed by atoms with Gasteiger partial charge in [0.2, 0.25) is 0 Å². The van der Waals surface area contributed by atoms with Crippen LogP contribution in [0.4, 0.5) is 0 Å². The van der Waals surface area contributed by atoms with Gasteiger partial charge in [-0.2, -0.15) is 0 Å². The lowest BCUT2D eigenvalue weighted by molar-refractivity contribution is -0.113. The number of fused-ring (bicyclic) bond motifs is 5. The first-order valence-electron chi connectivity index (χ1n) is 11.8. The number of hydrogen-bond donors (Lipinski definition) is 1. The van der Waals surface area contributed by atoms with Gasteiger partial charge < -0.3 is 5.32 Å². The van der Waals surface area contributed by atoms with Gasteiger partial charge in [0, 0.05) is 12.2 Å². The van der Waals surface area contributed by atoms with Gasteiger partial charge in [-0.3, -0.25) is 0 Å². The smallest absolute Gasteiger partial charge is 0.0115 e. The molecule has 8 atom stereocenters. The van der Waals surface area contributed by atoms with Crippen LogP contribution < -0.4 is 5.32 Å². The predicted octanol–water partition coefficient (Wildman–Crippen LogP) is 6.79. The molecule has 0 radical (unpaired) electrons. The van der Waals surface area contributed by atoms with Gasteiger partial charge in [-0.1, -0.05) is 40.2 Å². The quantitative estimate of drug-likeness (QED) is 0.583. The molecule has 4 saturated carbocycles. The van der Waals surface area contributed by atoms with Gasteiger partial charge in [-0.15, -0.1) is 0 Å². The molecule has 8 unspecified atom stereocenters. The van der Waals surface area contributed by atoms with Gasteiger partial charge >= 0.3 is 0 Å². The fraction of sp³-hybridized carbons (Fsp3) is 0.920. The summed E-state index contributed by atoms with van der Waals surface area (Å²) in [7, 11) is 0. The molecule has 0 spiro atoms. The lowest BCUT2D eigenvalue weighted by atomic mass is 9.44. The second-order valence-corrected chi connectivity index (χ2v) is 11.0. The van der Waals surface area contributed by atoms with E-state index in [1.807, 2.05) is 0 Å². The largest absolute Gasteiger partial charge is 0.389 e. The van der Waals surface area contributed by atoms with Crippen LogP contribution in [0.15, 0.2) is 12.3 Å². The number of hydrogen-bond acceptors (Lipinski definition) is 1. The molecule has 1 nitrogen and oxygen atoms in total. The molecule has 0 bridgehead atoms. The Kier molecular flexibility index (Phi) is 4.98. The summed E-state index contributed by atoms with van der Waals surface area (Å²) < 4.78 is 0. The van der Waals surface area contributed by atoms with E-state index in [0.717, 1.165) is 36.1 Å². The molecule has 26 heavy (non-hydrogen) atoms. The standard InChI is InChI=1S/C25H43N/c1-6-26-18(3)17(2)21-12-13-22-20-11-10-19-9-7-8-15-24(19,4)23(20)14-16-25(21,22)5/h17,19-23,26H,3,6-16H2,1-2,4-5H3. The molecular formula is C25H43N. The Hall–Kier alpha value is -0.460.